The number of rotatable bonds is 4. The number of ether oxygens (including phenoxy) is 1. The number of amides is 1. The van der Waals surface area contributed by atoms with Gasteiger partial charge in [0.15, 0.2) is 0 Å². The molecule has 0 spiro atoms. The second-order valence-corrected chi connectivity index (χ2v) is 4.44. The molecule has 20 heavy (non-hydrogen) atoms. The average molecular weight is 307 g/mol. The van der Waals surface area contributed by atoms with Gasteiger partial charge in [0.25, 0.3) is 0 Å². The Labute approximate surface area is 122 Å². The van der Waals surface area contributed by atoms with Crippen molar-refractivity contribution in [3.63, 3.8) is 0 Å². The van der Waals surface area contributed by atoms with Crippen LogP contribution in [0.25, 0.3) is 0 Å². The van der Waals surface area contributed by atoms with E-state index in [4.69, 9.17) is 0 Å². The summed E-state index contributed by atoms with van der Waals surface area (Å²) in [7, 11) is 0. The van der Waals surface area contributed by atoms with Crippen LogP contribution in [0.3, 0.4) is 0 Å². The number of carbonyl (C=O) groups is 1. The Morgan fingerprint density at radius 3 is 2.60 bits per heavy atom. The number of anilines is 1. The third-order valence-corrected chi connectivity index (χ3v) is 3.01. The molecule has 1 aliphatic rings. The maximum absolute atomic E-state index is 12.0. The van der Waals surface area contributed by atoms with Crippen molar-refractivity contribution in [1.29, 1.82) is 0 Å². The monoisotopic (exact) mass is 306 g/mol. The molecule has 0 aromatic heterocycles. The third-order valence-electron chi connectivity index (χ3n) is 3.01. The van der Waals surface area contributed by atoms with Gasteiger partial charge in [-0.15, -0.1) is 12.4 Å². The Morgan fingerprint density at radius 1 is 1.35 bits per heavy atom. The van der Waals surface area contributed by atoms with Gasteiger partial charge in [0.1, 0.15) is 5.75 Å². The minimum atomic E-state index is -2.84. The van der Waals surface area contributed by atoms with E-state index in [0.29, 0.717) is 12.2 Å². The second kappa shape index (κ2) is 8.01. The lowest BCUT2D eigenvalue weighted by atomic mass is 9.99. The van der Waals surface area contributed by atoms with Gasteiger partial charge >= 0.3 is 6.61 Å². The van der Waals surface area contributed by atoms with Crippen LogP contribution in [-0.4, -0.2) is 25.6 Å². The van der Waals surface area contributed by atoms with Crippen molar-refractivity contribution in [3.8, 4) is 5.75 Å². The minimum absolute atomic E-state index is 0. The first-order valence-corrected chi connectivity index (χ1v) is 6.21. The number of halogens is 3. The predicted octanol–water partition coefficient (Wildman–Crippen LogP) is 2.65. The van der Waals surface area contributed by atoms with Gasteiger partial charge in [-0.25, -0.2) is 0 Å². The van der Waals surface area contributed by atoms with Crippen LogP contribution >= 0.6 is 12.4 Å². The Kier molecular flexibility index (Phi) is 6.67. The Bertz CT molecular complexity index is 423. The van der Waals surface area contributed by atoms with Crippen LogP contribution in [0.1, 0.15) is 12.8 Å². The molecule has 1 fully saturated rings. The molecule has 112 valence electrons. The lowest BCUT2D eigenvalue weighted by molar-refractivity contribution is -0.120. The molecule has 1 heterocycles. The molecule has 0 unspecified atom stereocenters. The molecular formula is C13H17ClF2N2O2. The fourth-order valence-corrected chi connectivity index (χ4v) is 2.04. The zero-order valence-corrected chi connectivity index (χ0v) is 11.6. The van der Waals surface area contributed by atoms with E-state index in [9.17, 15) is 13.6 Å². The van der Waals surface area contributed by atoms with Crippen LogP contribution < -0.4 is 15.4 Å². The van der Waals surface area contributed by atoms with E-state index < -0.39 is 6.61 Å². The molecule has 1 atom stereocenters. The first kappa shape index (κ1) is 16.7. The van der Waals surface area contributed by atoms with E-state index in [0.717, 1.165) is 19.4 Å². The van der Waals surface area contributed by atoms with Crippen molar-refractivity contribution in [2.45, 2.75) is 19.5 Å². The van der Waals surface area contributed by atoms with Crippen molar-refractivity contribution >= 4 is 24.0 Å². The van der Waals surface area contributed by atoms with Crippen molar-refractivity contribution in [1.82, 2.24) is 5.32 Å². The Balaban J connectivity index is 0.00000200. The number of hydrogen-bond donors (Lipinski definition) is 2. The predicted molar refractivity (Wildman–Crippen MR) is 74.5 cm³/mol. The molecule has 0 radical (unpaired) electrons. The molecule has 1 aliphatic heterocycles. The molecule has 1 aromatic carbocycles. The van der Waals surface area contributed by atoms with Gasteiger partial charge in [0, 0.05) is 12.2 Å². The molecule has 0 saturated carbocycles. The van der Waals surface area contributed by atoms with Crippen molar-refractivity contribution in [2.24, 2.45) is 5.92 Å². The molecule has 7 heteroatoms. The number of nitrogens with one attached hydrogen (secondary N) is 2. The Hall–Kier alpha value is -1.40. The van der Waals surface area contributed by atoms with Gasteiger partial charge in [-0.2, -0.15) is 8.78 Å². The maximum atomic E-state index is 12.0. The maximum Gasteiger partial charge on any atom is 0.387 e. The van der Waals surface area contributed by atoms with E-state index >= 15 is 0 Å². The summed E-state index contributed by atoms with van der Waals surface area (Å²) in [6, 6.07) is 5.90. The molecule has 0 aliphatic carbocycles. The fourth-order valence-electron chi connectivity index (χ4n) is 2.04. The van der Waals surface area contributed by atoms with Crippen molar-refractivity contribution in [2.75, 3.05) is 18.4 Å². The zero-order chi connectivity index (χ0) is 13.7. The molecule has 0 bridgehead atoms. The van der Waals surface area contributed by atoms with Gasteiger partial charge in [0.05, 0.1) is 5.92 Å². The SMILES string of the molecule is Cl.O=C(Nc1ccc(OC(F)F)cc1)[C@@H]1CCCNC1. The summed E-state index contributed by atoms with van der Waals surface area (Å²) < 4.78 is 28.2. The van der Waals surface area contributed by atoms with E-state index in [1.807, 2.05) is 0 Å². The van der Waals surface area contributed by atoms with E-state index in [2.05, 4.69) is 15.4 Å². The molecule has 4 nitrogen and oxygen atoms in total. The normalized spacial score (nSPS) is 18.2. The van der Waals surface area contributed by atoms with Crippen molar-refractivity contribution in [3.05, 3.63) is 24.3 Å². The number of carbonyl (C=O) groups excluding carboxylic acids is 1. The molecule has 2 N–H and O–H groups in total. The summed E-state index contributed by atoms with van der Waals surface area (Å²) in [5.41, 5.74) is 0.581. The highest BCUT2D eigenvalue weighted by molar-refractivity contribution is 5.92. The highest BCUT2D eigenvalue weighted by Gasteiger charge is 2.20. The van der Waals surface area contributed by atoms with E-state index in [1.54, 1.807) is 12.1 Å². The van der Waals surface area contributed by atoms with Gasteiger partial charge in [0.2, 0.25) is 5.91 Å². The molecule has 1 saturated heterocycles. The van der Waals surface area contributed by atoms with Crippen LogP contribution in [0.4, 0.5) is 14.5 Å². The highest BCUT2D eigenvalue weighted by Crippen LogP contribution is 2.19. The summed E-state index contributed by atoms with van der Waals surface area (Å²) in [4.78, 5) is 11.9. The summed E-state index contributed by atoms with van der Waals surface area (Å²) in [6.07, 6.45) is 1.85. The first-order valence-electron chi connectivity index (χ1n) is 6.21. The fraction of sp³-hybridized carbons (Fsp3) is 0.462. The van der Waals surface area contributed by atoms with Crippen LogP contribution in [-0.2, 0) is 4.79 Å². The molecular weight excluding hydrogens is 290 g/mol. The van der Waals surface area contributed by atoms with Gasteiger partial charge in [-0.3, -0.25) is 4.79 Å². The first-order chi connectivity index (χ1) is 9.15. The number of piperidine rings is 1. The van der Waals surface area contributed by atoms with Crippen LogP contribution in [0.2, 0.25) is 0 Å². The second-order valence-electron chi connectivity index (χ2n) is 4.44. The van der Waals surface area contributed by atoms with Crippen molar-refractivity contribution < 1.29 is 18.3 Å². The largest absolute Gasteiger partial charge is 0.435 e. The summed E-state index contributed by atoms with van der Waals surface area (Å²) in [6.45, 7) is -1.21. The lowest BCUT2D eigenvalue weighted by Gasteiger charge is -2.21. The molecule has 1 aromatic rings. The highest BCUT2D eigenvalue weighted by atomic mass is 35.5. The van der Waals surface area contributed by atoms with Gasteiger partial charge < -0.3 is 15.4 Å². The quantitative estimate of drug-likeness (QED) is 0.899. The van der Waals surface area contributed by atoms with E-state index in [-0.39, 0.29) is 30.0 Å². The van der Waals surface area contributed by atoms with Crippen LogP contribution in [0, 0.1) is 5.92 Å². The Morgan fingerprint density at radius 2 is 2.05 bits per heavy atom. The zero-order valence-electron chi connectivity index (χ0n) is 10.8. The number of benzene rings is 1. The number of hydrogen-bond acceptors (Lipinski definition) is 3. The topological polar surface area (TPSA) is 50.4 Å². The van der Waals surface area contributed by atoms with Gasteiger partial charge in [-0.1, -0.05) is 0 Å². The minimum Gasteiger partial charge on any atom is -0.435 e. The van der Waals surface area contributed by atoms with E-state index in [1.165, 1.54) is 12.1 Å². The lowest BCUT2D eigenvalue weighted by Crippen LogP contribution is -2.37. The molecule has 2 rings (SSSR count). The van der Waals surface area contributed by atoms with Crippen LogP contribution in [0.15, 0.2) is 24.3 Å². The third kappa shape index (κ3) is 4.94. The smallest absolute Gasteiger partial charge is 0.387 e. The summed E-state index contributed by atoms with van der Waals surface area (Å²) >= 11 is 0. The number of alkyl halides is 2. The summed E-state index contributed by atoms with van der Waals surface area (Å²) in [5, 5.41) is 5.94. The van der Waals surface area contributed by atoms with Gasteiger partial charge in [-0.05, 0) is 43.7 Å². The average Bonchev–Trinajstić information content (AvgIpc) is 2.41. The molecule has 1 amide bonds. The standard InChI is InChI=1S/C13H16F2N2O2.ClH/c14-13(15)19-11-5-3-10(4-6-11)17-12(18)9-2-1-7-16-8-9;/h3-6,9,13,16H,1-2,7-8H2,(H,17,18);1H/t9-;/m1./s1. The summed E-state index contributed by atoms with van der Waals surface area (Å²) in [5.74, 6) is -0.00667. The van der Waals surface area contributed by atoms with Crippen LogP contribution in [0.5, 0.6) is 5.75 Å².